The average Bonchev–Trinajstić information content (AvgIpc) is 3.18. The van der Waals surface area contributed by atoms with Gasteiger partial charge in [-0.15, -0.1) is 24.0 Å². The Kier molecular flexibility index (Phi) is 10.6. The first-order valence-corrected chi connectivity index (χ1v) is 10.5. The first kappa shape index (κ1) is 25.4. The van der Waals surface area contributed by atoms with Gasteiger partial charge in [0.2, 0.25) is 0 Å². The molecule has 1 atom stereocenters. The monoisotopic (exact) mass is 542 g/mol. The predicted octanol–water partition coefficient (Wildman–Crippen LogP) is 2.52. The van der Waals surface area contributed by atoms with Gasteiger partial charge in [-0.25, -0.2) is 4.99 Å². The zero-order chi connectivity index (χ0) is 21.3. The molecule has 31 heavy (non-hydrogen) atoms. The third kappa shape index (κ3) is 7.97. The summed E-state index contributed by atoms with van der Waals surface area (Å²) < 4.78 is 13.6. The number of guanidine groups is 1. The van der Waals surface area contributed by atoms with Crippen LogP contribution >= 0.6 is 24.0 Å². The van der Waals surface area contributed by atoms with Gasteiger partial charge in [0.25, 0.3) is 0 Å². The molecule has 0 bridgehead atoms. The Balaban J connectivity index is 0.00000341. The SMILES string of the molecule is CCNC(=NCc1cccc(OCCN(C)C)c1)N1CCOC(c2cnn(C)c2)C1.I. The highest BCUT2D eigenvalue weighted by Gasteiger charge is 2.25. The van der Waals surface area contributed by atoms with Crippen LogP contribution in [0.1, 0.15) is 24.2 Å². The van der Waals surface area contributed by atoms with Crippen molar-refractivity contribution in [2.45, 2.75) is 19.6 Å². The maximum atomic E-state index is 5.97. The van der Waals surface area contributed by atoms with Crippen molar-refractivity contribution in [3.8, 4) is 5.75 Å². The largest absolute Gasteiger partial charge is 0.492 e. The van der Waals surface area contributed by atoms with Crippen LogP contribution in [0.4, 0.5) is 0 Å². The molecule has 172 valence electrons. The standard InChI is InChI=1S/C22H34N6O2.HI/c1-5-23-22(28-10-12-30-21(17-28)19-15-25-27(4)16-19)24-14-18-7-6-8-20(13-18)29-11-9-26(2)3;/h6-8,13,15-16,21H,5,9-12,14,17H2,1-4H3,(H,23,24);1H. The van der Waals surface area contributed by atoms with Crippen molar-refractivity contribution in [2.24, 2.45) is 12.0 Å². The number of likely N-dealkylation sites (N-methyl/N-ethyl adjacent to an activating group) is 1. The van der Waals surface area contributed by atoms with Crippen molar-refractivity contribution in [1.82, 2.24) is 24.9 Å². The first-order chi connectivity index (χ1) is 14.5. The molecule has 2 aromatic rings. The fraction of sp³-hybridized carbons (Fsp3) is 0.545. The molecule has 0 aliphatic carbocycles. The Morgan fingerprint density at radius 2 is 2.23 bits per heavy atom. The van der Waals surface area contributed by atoms with Crippen molar-refractivity contribution < 1.29 is 9.47 Å². The van der Waals surface area contributed by atoms with Crippen molar-refractivity contribution in [1.29, 1.82) is 0 Å². The first-order valence-electron chi connectivity index (χ1n) is 10.5. The van der Waals surface area contributed by atoms with Gasteiger partial charge in [-0.1, -0.05) is 12.1 Å². The third-order valence-electron chi connectivity index (χ3n) is 4.91. The molecular formula is C22H35IN6O2. The fourth-order valence-corrected chi connectivity index (χ4v) is 3.32. The van der Waals surface area contributed by atoms with E-state index in [0.717, 1.165) is 49.0 Å². The van der Waals surface area contributed by atoms with E-state index in [-0.39, 0.29) is 30.1 Å². The highest BCUT2D eigenvalue weighted by Crippen LogP contribution is 2.22. The lowest BCUT2D eigenvalue weighted by Crippen LogP contribution is -2.48. The van der Waals surface area contributed by atoms with E-state index in [4.69, 9.17) is 14.5 Å². The van der Waals surface area contributed by atoms with Crippen LogP contribution in [0.15, 0.2) is 41.7 Å². The van der Waals surface area contributed by atoms with E-state index in [1.807, 2.05) is 50.4 Å². The second-order valence-corrected chi connectivity index (χ2v) is 7.72. The normalized spacial score (nSPS) is 16.9. The number of hydrogen-bond acceptors (Lipinski definition) is 5. The topological polar surface area (TPSA) is 67.2 Å². The van der Waals surface area contributed by atoms with Crippen molar-refractivity contribution >= 4 is 29.9 Å². The quantitative estimate of drug-likeness (QED) is 0.314. The lowest BCUT2D eigenvalue weighted by molar-refractivity contribution is -0.00805. The van der Waals surface area contributed by atoms with Gasteiger partial charge in [0.05, 0.1) is 25.9 Å². The summed E-state index contributed by atoms with van der Waals surface area (Å²) in [5, 5.41) is 7.69. The number of morpholine rings is 1. The van der Waals surface area contributed by atoms with E-state index >= 15 is 0 Å². The molecule has 9 heteroatoms. The summed E-state index contributed by atoms with van der Waals surface area (Å²) in [5.74, 6) is 1.80. The van der Waals surface area contributed by atoms with Gasteiger partial charge >= 0.3 is 0 Å². The van der Waals surface area contributed by atoms with Crippen LogP contribution in [0.2, 0.25) is 0 Å². The number of benzene rings is 1. The minimum absolute atomic E-state index is 0. The number of aliphatic imine (C=N–C) groups is 1. The summed E-state index contributed by atoms with van der Waals surface area (Å²) in [6.45, 7) is 7.31. The molecule has 1 aliphatic heterocycles. The minimum atomic E-state index is 0. The number of nitrogens with one attached hydrogen (secondary N) is 1. The number of nitrogens with zero attached hydrogens (tertiary/aromatic N) is 5. The molecule has 1 saturated heterocycles. The summed E-state index contributed by atoms with van der Waals surface area (Å²) in [5.41, 5.74) is 2.23. The highest BCUT2D eigenvalue weighted by atomic mass is 127. The Morgan fingerprint density at radius 3 is 2.94 bits per heavy atom. The van der Waals surface area contributed by atoms with Crippen molar-refractivity contribution in [3.63, 3.8) is 0 Å². The fourth-order valence-electron chi connectivity index (χ4n) is 3.32. The summed E-state index contributed by atoms with van der Waals surface area (Å²) in [4.78, 5) is 9.26. The predicted molar refractivity (Wildman–Crippen MR) is 134 cm³/mol. The van der Waals surface area contributed by atoms with E-state index in [1.54, 1.807) is 0 Å². The van der Waals surface area contributed by atoms with Gasteiger partial charge in [-0.05, 0) is 38.7 Å². The van der Waals surface area contributed by atoms with Crippen LogP contribution < -0.4 is 10.1 Å². The Labute approximate surface area is 202 Å². The molecule has 0 amide bonds. The maximum absolute atomic E-state index is 5.97. The molecular weight excluding hydrogens is 507 g/mol. The van der Waals surface area contributed by atoms with Crippen molar-refractivity contribution in [3.05, 3.63) is 47.8 Å². The second kappa shape index (κ2) is 12.9. The molecule has 0 radical (unpaired) electrons. The number of aromatic nitrogens is 2. The molecule has 1 N–H and O–H groups in total. The van der Waals surface area contributed by atoms with Gasteiger partial charge < -0.3 is 24.6 Å². The molecule has 0 spiro atoms. The zero-order valence-corrected chi connectivity index (χ0v) is 21.3. The number of rotatable bonds is 8. The molecule has 1 aromatic carbocycles. The molecule has 1 aromatic heterocycles. The lowest BCUT2D eigenvalue weighted by atomic mass is 10.1. The van der Waals surface area contributed by atoms with Crippen LogP contribution in [0.5, 0.6) is 5.75 Å². The third-order valence-corrected chi connectivity index (χ3v) is 4.91. The van der Waals surface area contributed by atoms with Crippen LogP contribution in [0.3, 0.4) is 0 Å². The van der Waals surface area contributed by atoms with E-state index < -0.39 is 0 Å². The number of halogens is 1. The second-order valence-electron chi connectivity index (χ2n) is 7.72. The summed E-state index contributed by atoms with van der Waals surface area (Å²) >= 11 is 0. The molecule has 1 unspecified atom stereocenters. The Hall–Kier alpha value is -1.85. The molecule has 0 saturated carbocycles. The molecule has 1 aliphatic rings. The van der Waals surface area contributed by atoms with Crippen LogP contribution in [0, 0.1) is 0 Å². The number of aryl methyl sites for hydroxylation is 1. The van der Waals surface area contributed by atoms with Crippen LogP contribution in [-0.2, 0) is 18.3 Å². The summed E-state index contributed by atoms with van der Waals surface area (Å²) in [6, 6.07) is 8.18. The van der Waals surface area contributed by atoms with E-state index in [1.165, 1.54) is 0 Å². The summed E-state index contributed by atoms with van der Waals surface area (Å²) in [6.07, 6.45) is 3.89. The van der Waals surface area contributed by atoms with Crippen LogP contribution in [0.25, 0.3) is 0 Å². The maximum Gasteiger partial charge on any atom is 0.194 e. The van der Waals surface area contributed by atoms with Gasteiger partial charge in [0.15, 0.2) is 5.96 Å². The lowest BCUT2D eigenvalue weighted by Gasteiger charge is -2.34. The molecule has 2 heterocycles. The van der Waals surface area contributed by atoms with Gasteiger partial charge in [-0.3, -0.25) is 4.68 Å². The van der Waals surface area contributed by atoms with Crippen LogP contribution in [-0.4, -0.2) is 79.0 Å². The average molecular weight is 542 g/mol. The van der Waals surface area contributed by atoms with Gasteiger partial charge in [0.1, 0.15) is 18.5 Å². The van der Waals surface area contributed by atoms with E-state index in [0.29, 0.717) is 19.8 Å². The Morgan fingerprint density at radius 1 is 1.39 bits per heavy atom. The van der Waals surface area contributed by atoms with Crippen molar-refractivity contribution in [2.75, 3.05) is 53.5 Å². The highest BCUT2D eigenvalue weighted by molar-refractivity contribution is 14.0. The molecule has 1 fully saturated rings. The summed E-state index contributed by atoms with van der Waals surface area (Å²) in [7, 11) is 6.01. The van der Waals surface area contributed by atoms with Gasteiger partial charge in [0, 0.05) is 38.4 Å². The van der Waals surface area contributed by atoms with E-state index in [2.05, 4.69) is 39.3 Å². The van der Waals surface area contributed by atoms with Gasteiger partial charge in [-0.2, -0.15) is 5.10 Å². The molecule has 8 nitrogen and oxygen atoms in total. The zero-order valence-electron chi connectivity index (χ0n) is 19.0. The number of ether oxygens (including phenoxy) is 2. The minimum Gasteiger partial charge on any atom is -0.492 e. The Bertz CT molecular complexity index is 826. The smallest absolute Gasteiger partial charge is 0.194 e. The number of hydrogen-bond donors (Lipinski definition) is 1. The van der Waals surface area contributed by atoms with E-state index in [9.17, 15) is 0 Å². The molecule has 3 rings (SSSR count).